The predicted octanol–water partition coefficient (Wildman–Crippen LogP) is 4.50. The largest absolute Gasteiger partial charge is 0.341 e. The Labute approximate surface area is 131 Å². The molecular weight excluding hydrogens is 284 g/mol. The number of aromatic nitrogens is 2. The quantitative estimate of drug-likeness (QED) is 0.817. The molecule has 0 spiro atoms. The van der Waals surface area contributed by atoms with Crippen LogP contribution < -0.4 is 10.2 Å². The molecule has 0 saturated heterocycles. The summed E-state index contributed by atoms with van der Waals surface area (Å²) in [6.45, 7) is 6.25. The van der Waals surface area contributed by atoms with Crippen LogP contribution in [-0.2, 0) is 0 Å². The van der Waals surface area contributed by atoms with Gasteiger partial charge in [-0.2, -0.15) is 4.98 Å². The lowest BCUT2D eigenvalue weighted by Crippen LogP contribution is -2.27. The van der Waals surface area contributed by atoms with Crippen molar-refractivity contribution in [3.63, 3.8) is 0 Å². The zero-order valence-corrected chi connectivity index (χ0v) is 13.3. The Morgan fingerprint density at radius 1 is 1.10 bits per heavy atom. The van der Waals surface area contributed by atoms with E-state index in [-0.39, 0.29) is 0 Å². The highest BCUT2D eigenvalue weighted by Gasteiger charge is 2.09. The summed E-state index contributed by atoms with van der Waals surface area (Å²) in [5, 5.41) is 3.92. The Morgan fingerprint density at radius 3 is 2.48 bits per heavy atom. The number of benzene rings is 1. The van der Waals surface area contributed by atoms with E-state index in [1.54, 1.807) is 6.20 Å². The highest BCUT2D eigenvalue weighted by molar-refractivity contribution is 6.33. The van der Waals surface area contributed by atoms with Gasteiger partial charge >= 0.3 is 0 Å². The molecule has 0 atom stereocenters. The molecule has 0 radical (unpaired) electrons. The number of nitrogens with one attached hydrogen (secondary N) is 1. The van der Waals surface area contributed by atoms with Gasteiger partial charge in [-0.3, -0.25) is 0 Å². The van der Waals surface area contributed by atoms with E-state index in [0.29, 0.717) is 5.02 Å². The Hall–Kier alpha value is -1.81. The van der Waals surface area contributed by atoms with Crippen LogP contribution in [0.5, 0.6) is 0 Å². The minimum absolute atomic E-state index is 0.677. The molecule has 0 unspecified atom stereocenters. The minimum Gasteiger partial charge on any atom is -0.341 e. The molecule has 2 aromatic rings. The van der Waals surface area contributed by atoms with E-state index in [1.807, 2.05) is 30.3 Å². The standard InChI is InChI=1S/C16H21ClN4/c1-3-11-21(12-4-2)16-18-10-9-15(20-16)19-14-8-6-5-7-13(14)17/h5-10H,3-4,11-12H2,1-2H3,(H,18,19,20). The van der Waals surface area contributed by atoms with Crippen LogP contribution in [0.3, 0.4) is 0 Å². The maximum absolute atomic E-state index is 6.16. The average Bonchev–Trinajstić information content (AvgIpc) is 2.50. The molecule has 2 rings (SSSR count). The lowest BCUT2D eigenvalue weighted by atomic mass is 10.3. The van der Waals surface area contributed by atoms with Crippen molar-refractivity contribution >= 4 is 29.1 Å². The zero-order valence-electron chi connectivity index (χ0n) is 12.5. The summed E-state index contributed by atoms with van der Waals surface area (Å²) in [5.74, 6) is 1.51. The third-order valence-corrected chi connectivity index (χ3v) is 3.38. The first-order valence-corrected chi connectivity index (χ1v) is 7.72. The highest BCUT2D eigenvalue weighted by atomic mass is 35.5. The zero-order chi connectivity index (χ0) is 15.1. The van der Waals surface area contributed by atoms with E-state index < -0.39 is 0 Å². The van der Waals surface area contributed by atoms with Crippen LogP contribution in [0.1, 0.15) is 26.7 Å². The van der Waals surface area contributed by atoms with Crippen LogP contribution >= 0.6 is 11.6 Å². The smallest absolute Gasteiger partial charge is 0.227 e. The SMILES string of the molecule is CCCN(CCC)c1nccc(Nc2ccccc2Cl)n1. The van der Waals surface area contributed by atoms with Gasteiger partial charge in [0.05, 0.1) is 10.7 Å². The molecule has 112 valence electrons. The molecule has 21 heavy (non-hydrogen) atoms. The molecule has 4 nitrogen and oxygen atoms in total. The van der Waals surface area contributed by atoms with Crippen molar-refractivity contribution in [2.24, 2.45) is 0 Å². The van der Waals surface area contributed by atoms with Gasteiger partial charge in [0.15, 0.2) is 0 Å². The fraction of sp³-hybridized carbons (Fsp3) is 0.375. The van der Waals surface area contributed by atoms with Gasteiger partial charge in [0, 0.05) is 19.3 Å². The highest BCUT2D eigenvalue weighted by Crippen LogP contribution is 2.24. The fourth-order valence-corrected chi connectivity index (χ4v) is 2.31. The van der Waals surface area contributed by atoms with Crippen molar-refractivity contribution in [3.8, 4) is 0 Å². The van der Waals surface area contributed by atoms with Gasteiger partial charge in [0.25, 0.3) is 0 Å². The number of halogens is 1. The number of para-hydroxylation sites is 1. The first-order valence-electron chi connectivity index (χ1n) is 7.34. The van der Waals surface area contributed by atoms with Crippen molar-refractivity contribution in [2.45, 2.75) is 26.7 Å². The molecule has 1 aromatic carbocycles. The van der Waals surface area contributed by atoms with Crippen LogP contribution in [0.15, 0.2) is 36.5 Å². The van der Waals surface area contributed by atoms with Gasteiger partial charge in [-0.05, 0) is 31.0 Å². The van der Waals surface area contributed by atoms with Gasteiger partial charge in [-0.1, -0.05) is 37.6 Å². The first-order chi connectivity index (χ1) is 10.2. The summed E-state index contributed by atoms with van der Waals surface area (Å²) in [6, 6.07) is 9.48. The van der Waals surface area contributed by atoms with Crippen LogP contribution in [0.4, 0.5) is 17.5 Å². The molecule has 1 aromatic heterocycles. The van der Waals surface area contributed by atoms with Crippen molar-refractivity contribution in [1.82, 2.24) is 9.97 Å². The molecule has 0 fully saturated rings. The van der Waals surface area contributed by atoms with Crippen LogP contribution in [0.25, 0.3) is 0 Å². The minimum atomic E-state index is 0.677. The Morgan fingerprint density at radius 2 is 1.81 bits per heavy atom. The van der Waals surface area contributed by atoms with Gasteiger partial charge in [-0.15, -0.1) is 0 Å². The van der Waals surface area contributed by atoms with Crippen LogP contribution in [0, 0.1) is 0 Å². The van der Waals surface area contributed by atoms with Gasteiger partial charge in [-0.25, -0.2) is 4.98 Å². The summed E-state index contributed by atoms with van der Waals surface area (Å²) in [5.41, 5.74) is 0.848. The molecule has 0 saturated carbocycles. The molecule has 0 aliphatic heterocycles. The second kappa shape index (κ2) is 7.84. The number of anilines is 3. The van der Waals surface area contributed by atoms with Crippen LogP contribution in [-0.4, -0.2) is 23.1 Å². The van der Waals surface area contributed by atoms with Gasteiger partial charge in [0.2, 0.25) is 5.95 Å². The van der Waals surface area contributed by atoms with Gasteiger partial charge < -0.3 is 10.2 Å². The van der Waals surface area contributed by atoms with Crippen molar-refractivity contribution in [2.75, 3.05) is 23.3 Å². The Balaban J connectivity index is 2.18. The van der Waals surface area contributed by atoms with Crippen molar-refractivity contribution in [3.05, 3.63) is 41.6 Å². The molecule has 0 amide bonds. The lowest BCUT2D eigenvalue weighted by molar-refractivity contribution is 0.722. The maximum Gasteiger partial charge on any atom is 0.227 e. The number of hydrogen-bond acceptors (Lipinski definition) is 4. The maximum atomic E-state index is 6.16. The summed E-state index contributed by atoms with van der Waals surface area (Å²) < 4.78 is 0. The number of hydrogen-bond donors (Lipinski definition) is 1. The average molecular weight is 305 g/mol. The molecule has 5 heteroatoms. The number of rotatable bonds is 7. The summed E-state index contributed by atoms with van der Waals surface area (Å²) in [6.07, 6.45) is 3.93. The normalized spacial score (nSPS) is 10.4. The first kappa shape index (κ1) is 15.6. The second-order valence-electron chi connectivity index (χ2n) is 4.83. The molecule has 0 bridgehead atoms. The summed E-state index contributed by atoms with van der Waals surface area (Å²) in [4.78, 5) is 11.2. The van der Waals surface area contributed by atoms with E-state index in [2.05, 4.69) is 34.0 Å². The Bertz CT molecular complexity index is 568. The molecule has 1 N–H and O–H groups in total. The summed E-state index contributed by atoms with van der Waals surface area (Å²) >= 11 is 6.16. The number of nitrogens with zero attached hydrogens (tertiary/aromatic N) is 3. The van der Waals surface area contributed by atoms with Crippen molar-refractivity contribution < 1.29 is 0 Å². The molecular formula is C16H21ClN4. The fourth-order valence-electron chi connectivity index (χ4n) is 2.12. The van der Waals surface area contributed by atoms with Crippen molar-refractivity contribution in [1.29, 1.82) is 0 Å². The summed E-state index contributed by atoms with van der Waals surface area (Å²) in [7, 11) is 0. The van der Waals surface area contributed by atoms with Gasteiger partial charge in [0.1, 0.15) is 5.82 Å². The lowest BCUT2D eigenvalue weighted by Gasteiger charge is -2.21. The molecule has 0 aliphatic rings. The Kier molecular flexibility index (Phi) is 5.81. The topological polar surface area (TPSA) is 41.1 Å². The van der Waals surface area contributed by atoms with E-state index in [4.69, 9.17) is 11.6 Å². The van der Waals surface area contributed by atoms with E-state index in [9.17, 15) is 0 Å². The second-order valence-corrected chi connectivity index (χ2v) is 5.24. The third kappa shape index (κ3) is 4.33. The third-order valence-electron chi connectivity index (χ3n) is 3.05. The van der Waals surface area contributed by atoms with E-state index in [0.717, 1.165) is 43.4 Å². The molecule has 1 heterocycles. The molecule has 0 aliphatic carbocycles. The monoisotopic (exact) mass is 304 g/mol. The predicted molar refractivity (Wildman–Crippen MR) is 89.6 cm³/mol. The van der Waals surface area contributed by atoms with E-state index >= 15 is 0 Å². The van der Waals surface area contributed by atoms with E-state index in [1.165, 1.54) is 0 Å². The van der Waals surface area contributed by atoms with Crippen LogP contribution in [0.2, 0.25) is 5.02 Å².